The zero-order valence-corrected chi connectivity index (χ0v) is 14.7. The quantitative estimate of drug-likeness (QED) is 0.784. The van der Waals surface area contributed by atoms with Crippen molar-refractivity contribution < 1.29 is 17.9 Å². The van der Waals surface area contributed by atoms with Crippen molar-refractivity contribution in [2.45, 2.75) is 31.2 Å². The topological polar surface area (TPSA) is 81.9 Å². The Morgan fingerprint density at radius 3 is 2.27 bits per heavy atom. The summed E-state index contributed by atoms with van der Waals surface area (Å²) in [5.74, 6) is 1.19. The van der Waals surface area contributed by atoms with Gasteiger partial charge in [-0.3, -0.25) is 0 Å². The molecule has 0 aliphatic carbocycles. The Labute approximate surface area is 133 Å². The van der Waals surface area contributed by atoms with E-state index in [-0.39, 0.29) is 10.9 Å². The summed E-state index contributed by atoms with van der Waals surface area (Å²) in [6.07, 6.45) is 0.612. The molecule has 0 amide bonds. The number of ether oxygens (including phenoxy) is 2. The van der Waals surface area contributed by atoms with Crippen LogP contribution in [0.2, 0.25) is 0 Å². The number of nitrogens with two attached hydrogens (primary N) is 1. The van der Waals surface area contributed by atoms with Crippen molar-refractivity contribution in [3.8, 4) is 11.5 Å². The molecule has 22 heavy (non-hydrogen) atoms. The Kier molecular flexibility index (Phi) is 6.65. The molecule has 0 aliphatic rings. The Morgan fingerprint density at radius 1 is 1.18 bits per heavy atom. The lowest BCUT2D eigenvalue weighted by molar-refractivity contribution is 0.353. The number of benzene rings is 1. The van der Waals surface area contributed by atoms with Gasteiger partial charge in [0.05, 0.1) is 19.1 Å². The fourth-order valence-electron chi connectivity index (χ4n) is 1.94. The van der Waals surface area contributed by atoms with Gasteiger partial charge in [0.1, 0.15) is 0 Å². The van der Waals surface area contributed by atoms with Gasteiger partial charge in [-0.25, -0.2) is 12.7 Å². The van der Waals surface area contributed by atoms with Crippen molar-refractivity contribution in [1.29, 1.82) is 0 Å². The van der Waals surface area contributed by atoms with Crippen LogP contribution in [0.25, 0.3) is 0 Å². The predicted octanol–water partition coefficient (Wildman–Crippen LogP) is 1.70. The van der Waals surface area contributed by atoms with Gasteiger partial charge in [-0.15, -0.1) is 0 Å². The molecule has 1 rings (SSSR count). The molecule has 0 saturated carbocycles. The van der Waals surface area contributed by atoms with E-state index in [9.17, 15) is 8.42 Å². The third-order valence-corrected chi connectivity index (χ3v) is 5.55. The molecule has 1 aromatic carbocycles. The molecule has 1 atom stereocenters. The Hall–Kier alpha value is -1.31. The summed E-state index contributed by atoms with van der Waals surface area (Å²) >= 11 is 0. The second kappa shape index (κ2) is 7.80. The average Bonchev–Trinajstić information content (AvgIpc) is 2.50. The molecule has 2 N–H and O–H groups in total. The summed E-state index contributed by atoms with van der Waals surface area (Å²) in [6, 6.07) is 4.53. The maximum atomic E-state index is 12.6. The summed E-state index contributed by atoms with van der Waals surface area (Å²) in [4.78, 5) is 0.172. The Morgan fingerprint density at radius 2 is 1.77 bits per heavy atom. The molecule has 0 fully saturated rings. The van der Waals surface area contributed by atoms with Crippen LogP contribution in [0, 0.1) is 5.92 Å². The van der Waals surface area contributed by atoms with Crippen LogP contribution in [0.1, 0.15) is 20.3 Å². The van der Waals surface area contributed by atoms with Gasteiger partial charge in [0.15, 0.2) is 11.5 Å². The summed E-state index contributed by atoms with van der Waals surface area (Å²) in [5, 5.41) is 0. The summed E-state index contributed by atoms with van der Waals surface area (Å²) in [6.45, 7) is 4.41. The first-order valence-corrected chi connectivity index (χ1v) is 8.62. The standard InChI is InChI=1S/C15H26N2O4S/c1-11(2)13(16)8-9-17(3)22(18,19)12-6-7-14(20-4)15(10-12)21-5/h6-7,10-11,13H,8-9,16H2,1-5H3. The maximum Gasteiger partial charge on any atom is 0.242 e. The van der Waals surface area contributed by atoms with E-state index in [2.05, 4.69) is 0 Å². The minimum atomic E-state index is -3.58. The predicted molar refractivity (Wildman–Crippen MR) is 86.8 cm³/mol. The summed E-state index contributed by atoms with van der Waals surface area (Å²) in [5.41, 5.74) is 5.97. The van der Waals surface area contributed by atoms with Gasteiger partial charge in [-0.2, -0.15) is 0 Å². The number of methoxy groups -OCH3 is 2. The molecule has 7 heteroatoms. The van der Waals surface area contributed by atoms with Crippen LogP contribution in [-0.4, -0.2) is 46.6 Å². The highest BCUT2D eigenvalue weighted by Gasteiger charge is 2.23. The molecule has 0 bridgehead atoms. The lowest BCUT2D eigenvalue weighted by Crippen LogP contribution is -2.34. The second-order valence-electron chi connectivity index (χ2n) is 5.54. The molecular formula is C15H26N2O4S. The summed E-state index contributed by atoms with van der Waals surface area (Å²) in [7, 11) is 0.956. The number of nitrogens with zero attached hydrogens (tertiary/aromatic N) is 1. The number of rotatable bonds is 8. The zero-order chi connectivity index (χ0) is 16.9. The molecule has 0 heterocycles. The van der Waals surface area contributed by atoms with E-state index in [4.69, 9.17) is 15.2 Å². The molecule has 0 spiro atoms. The highest BCUT2D eigenvalue weighted by Crippen LogP contribution is 2.30. The lowest BCUT2D eigenvalue weighted by atomic mass is 10.0. The highest BCUT2D eigenvalue weighted by atomic mass is 32.2. The van der Waals surface area contributed by atoms with E-state index in [1.165, 1.54) is 30.7 Å². The van der Waals surface area contributed by atoms with Crippen LogP contribution >= 0.6 is 0 Å². The van der Waals surface area contributed by atoms with E-state index in [0.29, 0.717) is 30.4 Å². The van der Waals surface area contributed by atoms with E-state index in [1.54, 1.807) is 13.1 Å². The normalized spacial score (nSPS) is 13.5. The van der Waals surface area contributed by atoms with Crippen LogP contribution in [-0.2, 0) is 10.0 Å². The number of hydrogen-bond acceptors (Lipinski definition) is 5. The van der Waals surface area contributed by atoms with E-state index in [0.717, 1.165) is 0 Å². The maximum absolute atomic E-state index is 12.6. The van der Waals surface area contributed by atoms with Gasteiger partial charge in [0, 0.05) is 25.7 Å². The molecule has 6 nitrogen and oxygen atoms in total. The van der Waals surface area contributed by atoms with Crippen molar-refractivity contribution in [2.75, 3.05) is 27.8 Å². The van der Waals surface area contributed by atoms with Crippen molar-refractivity contribution in [1.82, 2.24) is 4.31 Å². The second-order valence-corrected chi connectivity index (χ2v) is 7.58. The van der Waals surface area contributed by atoms with Gasteiger partial charge in [-0.1, -0.05) is 13.8 Å². The third kappa shape index (κ3) is 4.34. The fraction of sp³-hybridized carbons (Fsp3) is 0.600. The minimum Gasteiger partial charge on any atom is -0.493 e. The average molecular weight is 330 g/mol. The monoisotopic (exact) mass is 330 g/mol. The van der Waals surface area contributed by atoms with E-state index >= 15 is 0 Å². The number of hydrogen-bond donors (Lipinski definition) is 1. The molecule has 0 aliphatic heterocycles. The highest BCUT2D eigenvalue weighted by molar-refractivity contribution is 7.89. The SMILES string of the molecule is COc1ccc(S(=O)(=O)N(C)CCC(N)C(C)C)cc1OC. The fourth-order valence-corrected chi connectivity index (χ4v) is 3.14. The van der Waals surface area contributed by atoms with Crippen molar-refractivity contribution >= 4 is 10.0 Å². The van der Waals surface area contributed by atoms with E-state index in [1.807, 2.05) is 13.8 Å². The Balaban J connectivity index is 2.93. The van der Waals surface area contributed by atoms with Crippen LogP contribution in [0.3, 0.4) is 0 Å². The van der Waals surface area contributed by atoms with Gasteiger partial charge >= 0.3 is 0 Å². The molecule has 1 aromatic rings. The number of sulfonamides is 1. The van der Waals surface area contributed by atoms with Crippen LogP contribution < -0.4 is 15.2 Å². The van der Waals surface area contributed by atoms with Crippen molar-refractivity contribution in [3.05, 3.63) is 18.2 Å². The molecule has 0 saturated heterocycles. The molecule has 1 unspecified atom stereocenters. The Bertz CT molecular complexity index is 587. The van der Waals surface area contributed by atoms with Gasteiger partial charge in [0.2, 0.25) is 10.0 Å². The van der Waals surface area contributed by atoms with Crippen LogP contribution in [0.15, 0.2) is 23.1 Å². The largest absolute Gasteiger partial charge is 0.493 e. The van der Waals surface area contributed by atoms with Crippen LogP contribution in [0.4, 0.5) is 0 Å². The van der Waals surface area contributed by atoms with Crippen LogP contribution in [0.5, 0.6) is 11.5 Å². The molecular weight excluding hydrogens is 304 g/mol. The van der Waals surface area contributed by atoms with Crippen molar-refractivity contribution in [2.24, 2.45) is 11.7 Å². The third-order valence-electron chi connectivity index (χ3n) is 3.70. The van der Waals surface area contributed by atoms with Gasteiger partial charge in [-0.05, 0) is 24.5 Å². The molecule has 126 valence electrons. The lowest BCUT2D eigenvalue weighted by Gasteiger charge is -2.21. The van der Waals surface area contributed by atoms with Crippen molar-refractivity contribution in [3.63, 3.8) is 0 Å². The molecule has 0 aromatic heterocycles. The summed E-state index contributed by atoms with van der Waals surface area (Å²) < 4.78 is 36.7. The smallest absolute Gasteiger partial charge is 0.242 e. The van der Waals surface area contributed by atoms with Gasteiger partial charge < -0.3 is 15.2 Å². The first-order valence-electron chi connectivity index (χ1n) is 7.18. The minimum absolute atomic E-state index is 0.0250. The molecule has 0 radical (unpaired) electrons. The van der Waals surface area contributed by atoms with Gasteiger partial charge in [0.25, 0.3) is 0 Å². The first kappa shape index (κ1) is 18.7. The van der Waals surface area contributed by atoms with E-state index < -0.39 is 10.0 Å². The first-order chi connectivity index (χ1) is 10.2. The zero-order valence-electron chi connectivity index (χ0n) is 13.9.